The number of nitrogens with zero attached hydrogens (tertiary/aromatic N) is 1. The fraction of sp³-hybridized carbons (Fsp3) is 0.875. The molecule has 0 radical (unpaired) electrons. The molecule has 1 saturated heterocycles. The number of hydrogen-bond acceptors (Lipinski definition) is 1. The zero-order chi connectivity index (χ0) is 8.43. The molecule has 1 unspecified atom stereocenters. The van der Waals surface area contributed by atoms with Crippen LogP contribution in [0.4, 0.5) is 0 Å². The largest absolute Gasteiger partial charge is 0.339 e. The average Bonchev–Trinajstić information content (AvgIpc) is 1.82. The number of rotatable bonds is 2. The number of carbonyl (C=O) groups excluding carboxylic acids is 1. The predicted molar refractivity (Wildman–Crippen MR) is 51.5 cm³/mol. The summed E-state index contributed by atoms with van der Waals surface area (Å²) in [5.41, 5.74) is 0. The molecule has 0 saturated carbocycles. The third kappa shape index (κ3) is 2.12. The quantitative estimate of drug-likeness (QED) is 0.617. The molecule has 1 rings (SSSR count). The molecule has 1 fully saturated rings. The first-order chi connectivity index (χ1) is 5.11. The summed E-state index contributed by atoms with van der Waals surface area (Å²) in [6, 6.07) is 0.512. The second-order valence-electron chi connectivity index (χ2n) is 3.46. The lowest BCUT2D eigenvalue weighted by Crippen LogP contribution is -2.50. The Labute approximate surface area is 71.3 Å². The van der Waals surface area contributed by atoms with Crippen molar-refractivity contribution in [2.45, 2.75) is 19.4 Å². The minimum atomic E-state index is -0.0544. The van der Waals surface area contributed by atoms with Crippen LogP contribution < -0.4 is 0 Å². The zero-order valence-corrected chi connectivity index (χ0v) is 8.40. The van der Waals surface area contributed by atoms with Crippen molar-refractivity contribution in [3.63, 3.8) is 0 Å². The molecule has 0 N–H and O–H groups in total. The molecule has 0 aromatic carbocycles. The highest BCUT2D eigenvalue weighted by atomic mass is 32.2. The van der Waals surface area contributed by atoms with Crippen molar-refractivity contribution >= 4 is 16.8 Å². The highest BCUT2D eigenvalue weighted by Crippen LogP contribution is 2.20. The van der Waals surface area contributed by atoms with E-state index >= 15 is 0 Å². The molecule has 66 valence electrons. The Hall–Kier alpha value is -0.180. The van der Waals surface area contributed by atoms with Crippen molar-refractivity contribution in [1.29, 1.82) is 0 Å². The fourth-order valence-corrected chi connectivity index (χ4v) is 1.97. The lowest BCUT2D eigenvalue weighted by molar-refractivity contribution is -0.135. The van der Waals surface area contributed by atoms with Crippen molar-refractivity contribution in [2.75, 3.05) is 24.8 Å². The van der Waals surface area contributed by atoms with Gasteiger partial charge in [0.1, 0.15) is 0 Å². The van der Waals surface area contributed by atoms with Crippen molar-refractivity contribution in [3.8, 4) is 0 Å². The Morgan fingerprint density at radius 3 is 2.55 bits per heavy atom. The van der Waals surface area contributed by atoms with Gasteiger partial charge < -0.3 is 4.90 Å². The molecule has 0 aromatic heterocycles. The van der Waals surface area contributed by atoms with Gasteiger partial charge in [0.15, 0.2) is 0 Å². The van der Waals surface area contributed by atoms with Crippen LogP contribution in [0.1, 0.15) is 13.3 Å². The van der Waals surface area contributed by atoms with E-state index in [1.807, 2.05) is 4.90 Å². The summed E-state index contributed by atoms with van der Waals surface area (Å²) in [5, 5.41) is 0. The van der Waals surface area contributed by atoms with Crippen molar-refractivity contribution in [3.05, 3.63) is 0 Å². The van der Waals surface area contributed by atoms with E-state index in [1.165, 1.54) is 6.42 Å². The molecule has 1 aliphatic rings. The molecular weight excluding hydrogens is 158 g/mol. The van der Waals surface area contributed by atoms with Gasteiger partial charge in [0.05, 0.1) is 5.75 Å². The van der Waals surface area contributed by atoms with Gasteiger partial charge in [-0.2, -0.15) is 0 Å². The Morgan fingerprint density at radius 2 is 2.27 bits per heavy atom. The topological polar surface area (TPSA) is 20.3 Å². The maximum Gasteiger partial charge on any atom is 0.231 e. The first-order valence-electron chi connectivity index (χ1n) is 4.05. The fourth-order valence-electron chi connectivity index (χ4n) is 1.25. The standard InChI is InChI=1S/C8H17NOS/c1-7-4-5-9(7)8(10)6-11(2)3/h7,11H,4-6H2,1-3H3. The first-order valence-corrected chi connectivity index (χ1v) is 6.47. The summed E-state index contributed by atoms with van der Waals surface area (Å²) in [7, 11) is -0.0544. The van der Waals surface area contributed by atoms with Gasteiger partial charge in [-0.25, -0.2) is 0 Å². The highest BCUT2D eigenvalue weighted by molar-refractivity contribution is 8.16. The Balaban J connectivity index is 2.30. The second kappa shape index (κ2) is 3.48. The minimum Gasteiger partial charge on any atom is -0.339 e. The smallest absolute Gasteiger partial charge is 0.231 e. The normalized spacial score (nSPS) is 24.5. The van der Waals surface area contributed by atoms with E-state index in [2.05, 4.69) is 19.4 Å². The Kier molecular flexibility index (Phi) is 2.82. The van der Waals surface area contributed by atoms with Gasteiger partial charge in [-0.1, -0.05) is 0 Å². The summed E-state index contributed by atoms with van der Waals surface area (Å²) in [6.07, 6.45) is 5.49. The van der Waals surface area contributed by atoms with Crippen LogP contribution in [-0.2, 0) is 4.79 Å². The molecule has 1 amide bonds. The maximum atomic E-state index is 11.4. The van der Waals surface area contributed by atoms with E-state index in [4.69, 9.17) is 0 Å². The number of thiol groups is 1. The van der Waals surface area contributed by atoms with Crippen molar-refractivity contribution in [1.82, 2.24) is 4.90 Å². The molecule has 0 aromatic rings. The van der Waals surface area contributed by atoms with Crippen LogP contribution in [0.3, 0.4) is 0 Å². The molecule has 1 heterocycles. The van der Waals surface area contributed by atoms with Gasteiger partial charge in [-0.15, -0.1) is 0 Å². The Bertz CT molecular complexity index is 158. The summed E-state index contributed by atoms with van der Waals surface area (Å²) < 4.78 is 0. The summed E-state index contributed by atoms with van der Waals surface area (Å²) in [6.45, 7) is 3.11. The summed E-state index contributed by atoms with van der Waals surface area (Å²) >= 11 is 0. The molecule has 11 heavy (non-hydrogen) atoms. The van der Waals surface area contributed by atoms with E-state index in [0.29, 0.717) is 11.9 Å². The third-order valence-electron chi connectivity index (χ3n) is 2.09. The number of carbonyl (C=O) groups is 1. The summed E-state index contributed by atoms with van der Waals surface area (Å²) in [5.74, 6) is 1.14. The van der Waals surface area contributed by atoms with Crippen LogP contribution in [0.2, 0.25) is 0 Å². The van der Waals surface area contributed by atoms with E-state index in [0.717, 1.165) is 12.3 Å². The molecule has 0 aliphatic carbocycles. The van der Waals surface area contributed by atoms with Crippen LogP contribution in [0.15, 0.2) is 0 Å². The SMILES string of the molecule is CC1CCN1C(=O)C[SH](C)C. The summed E-state index contributed by atoms with van der Waals surface area (Å²) in [4.78, 5) is 13.4. The first kappa shape index (κ1) is 8.91. The van der Waals surface area contributed by atoms with E-state index in [-0.39, 0.29) is 10.9 Å². The van der Waals surface area contributed by atoms with Crippen molar-refractivity contribution in [2.24, 2.45) is 0 Å². The molecule has 0 bridgehead atoms. The van der Waals surface area contributed by atoms with Gasteiger partial charge in [0.25, 0.3) is 0 Å². The van der Waals surface area contributed by atoms with Crippen LogP contribution in [0, 0.1) is 0 Å². The molecule has 0 spiro atoms. The van der Waals surface area contributed by atoms with Crippen LogP contribution in [-0.4, -0.2) is 41.7 Å². The molecular formula is C8H17NOS. The number of hydrogen-bond donors (Lipinski definition) is 1. The van der Waals surface area contributed by atoms with E-state index < -0.39 is 0 Å². The molecule has 1 atom stereocenters. The third-order valence-corrected chi connectivity index (χ3v) is 2.99. The van der Waals surface area contributed by atoms with Gasteiger partial charge in [-0.3, -0.25) is 15.7 Å². The van der Waals surface area contributed by atoms with Gasteiger partial charge >= 0.3 is 0 Å². The van der Waals surface area contributed by atoms with Crippen LogP contribution >= 0.6 is 10.9 Å². The van der Waals surface area contributed by atoms with Gasteiger partial charge in [0, 0.05) is 12.6 Å². The van der Waals surface area contributed by atoms with Crippen LogP contribution in [0.5, 0.6) is 0 Å². The van der Waals surface area contributed by atoms with E-state index in [9.17, 15) is 4.79 Å². The van der Waals surface area contributed by atoms with Gasteiger partial charge in [-0.05, 0) is 25.9 Å². The zero-order valence-electron chi connectivity index (χ0n) is 7.50. The Morgan fingerprint density at radius 1 is 1.64 bits per heavy atom. The van der Waals surface area contributed by atoms with Crippen molar-refractivity contribution < 1.29 is 4.79 Å². The van der Waals surface area contributed by atoms with Crippen LogP contribution in [0.25, 0.3) is 0 Å². The van der Waals surface area contributed by atoms with Gasteiger partial charge in [0.2, 0.25) is 5.91 Å². The molecule has 3 heteroatoms. The maximum absolute atomic E-state index is 11.4. The number of likely N-dealkylation sites (tertiary alicyclic amines) is 1. The predicted octanol–water partition coefficient (Wildman–Crippen LogP) is 0.868. The molecule has 2 nitrogen and oxygen atoms in total. The average molecular weight is 175 g/mol. The monoisotopic (exact) mass is 175 g/mol. The molecule has 1 aliphatic heterocycles. The van der Waals surface area contributed by atoms with E-state index in [1.54, 1.807) is 0 Å². The number of amides is 1. The lowest BCUT2D eigenvalue weighted by atomic mass is 10.1. The highest BCUT2D eigenvalue weighted by Gasteiger charge is 2.27. The lowest BCUT2D eigenvalue weighted by Gasteiger charge is -2.39. The minimum absolute atomic E-state index is 0.0544. The second-order valence-corrected chi connectivity index (χ2v) is 5.94.